The van der Waals surface area contributed by atoms with Crippen molar-refractivity contribution in [3.8, 4) is 11.3 Å². The molecule has 5 rings (SSSR count). The number of nitrogen functional groups attached to an aromatic ring is 1. The van der Waals surface area contributed by atoms with Gasteiger partial charge < -0.3 is 49.8 Å². The quantitative estimate of drug-likeness (QED) is 0.0980. The van der Waals surface area contributed by atoms with Gasteiger partial charge in [-0.05, 0) is 105 Å². The lowest BCUT2D eigenvalue weighted by Gasteiger charge is -2.46. The van der Waals surface area contributed by atoms with Crippen molar-refractivity contribution in [3.05, 3.63) is 30.5 Å². The van der Waals surface area contributed by atoms with E-state index < -0.39 is 77.6 Å². The minimum atomic E-state index is -1.34. The van der Waals surface area contributed by atoms with Gasteiger partial charge in [0.05, 0.1) is 30.0 Å². The molecule has 0 bridgehead atoms. The molecule has 4 heterocycles. The first-order valence-corrected chi connectivity index (χ1v) is 21.9. The molecule has 17 nitrogen and oxygen atoms in total. The van der Waals surface area contributed by atoms with E-state index in [1.165, 1.54) is 6.92 Å². The number of unbranched alkanes of at least 4 members (excludes halogenated alkanes) is 1. The summed E-state index contributed by atoms with van der Waals surface area (Å²) in [5, 5.41) is 34.2. The van der Waals surface area contributed by atoms with Crippen molar-refractivity contribution < 1.29 is 48.3 Å². The molecule has 342 valence electrons. The molecule has 3 saturated heterocycles. The van der Waals surface area contributed by atoms with Crippen LogP contribution in [0.25, 0.3) is 11.3 Å². The second-order valence-corrected chi connectivity index (χ2v) is 18.1. The number of carbonyl (C=O) groups excluding carboxylic acids is 3. The minimum Gasteiger partial charge on any atom is -0.458 e. The Morgan fingerprint density at radius 3 is 2.48 bits per heavy atom. The summed E-state index contributed by atoms with van der Waals surface area (Å²) in [5.41, 5.74) is 5.74. The maximum atomic E-state index is 14.4. The first kappa shape index (κ1) is 48.3. The van der Waals surface area contributed by atoms with Gasteiger partial charge in [-0.15, -0.1) is 5.10 Å². The van der Waals surface area contributed by atoms with Gasteiger partial charge in [0, 0.05) is 56.1 Å². The van der Waals surface area contributed by atoms with E-state index in [9.17, 15) is 24.6 Å². The van der Waals surface area contributed by atoms with Gasteiger partial charge in [0.2, 0.25) is 0 Å². The van der Waals surface area contributed by atoms with Crippen LogP contribution in [0, 0.1) is 17.8 Å². The number of ketones is 1. The Morgan fingerprint density at radius 1 is 1.10 bits per heavy atom. The molecule has 61 heavy (non-hydrogen) atoms. The molecule has 0 spiro atoms. The van der Waals surface area contributed by atoms with E-state index in [4.69, 9.17) is 29.4 Å². The molecule has 5 N–H and O–H groups in total. The first-order chi connectivity index (χ1) is 28.9. The van der Waals surface area contributed by atoms with Crippen LogP contribution in [0.5, 0.6) is 0 Å². The zero-order valence-corrected chi connectivity index (χ0v) is 37.8. The number of aliphatic hydroxyl groups is 2. The fraction of sp³-hybridized carbons (Fsp3) is 0.750. The molecule has 2 aromatic rings. The number of hydrogen-bond donors (Lipinski definition) is 4. The predicted molar refractivity (Wildman–Crippen MR) is 228 cm³/mol. The zero-order valence-electron chi connectivity index (χ0n) is 37.8. The Morgan fingerprint density at radius 2 is 1.82 bits per heavy atom. The summed E-state index contributed by atoms with van der Waals surface area (Å²) in [7, 11) is 5.35. The van der Waals surface area contributed by atoms with Gasteiger partial charge in [-0.2, -0.15) is 0 Å². The Balaban J connectivity index is 1.42. The second-order valence-electron chi connectivity index (χ2n) is 18.1. The SMILES string of the molecule is CC[C@H]1OC(=O)[C@H](C)C(=O)[C@H](C)[C@@H](O[C@@H]2O[C@H](C)CC(N(C)C)C2O)[C@](C)(OC)C[C@@H](C)CN[C@H](CCO)[C@H]2N(CCCCn3cc(-c4cccc(N)c4)nn3)C(=O)O[C@]12C. The highest BCUT2D eigenvalue weighted by atomic mass is 16.7. The third-order valence-corrected chi connectivity index (χ3v) is 13.1. The van der Waals surface area contributed by atoms with E-state index >= 15 is 0 Å². The van der Waals surface area contributed by atoms with Crippen molar-refractivity contribution >= 4 is 23.5 Å². The van der Waals surface area contributed by atoms with Gasteiger partial charge in [0.25, 0.3) is 0 Å². The van der Waals surface area contributed by atoms with E-state index in [1.54, 1.807) is 30.5 Å². The number of likely N-dealkylation sites (N-methyl/N-ethyl adjacent to an activating group) is 1. The van der Waals surface area contributed by atoms with Crippen molar-refractivity contribution in [1.82, 2.24) is 30.1 Å². The number of fused-ring (bicyclic) bond motifs is 1. The first-order valence-electron chi connectivity index (χ1n) is 21.9. The lowest BCUT2D eigenvalue weighted by Crippen LogP contribution is -2.62. The molecule has 1 amide bonds. The normalized spacial score (nSPS) is 35.7. The molecule has 17 heteroatoms. The molecule has 3 aliphatic rings. The van der Waals surface area contributed by atoms with Crippen LogP contribution >= 0.6 is 0 Å². The number of nitrogens with one attached hydrogen (secondary N) is 1. The van der Waals surface area contributed by atoms with Gasteiger partial charge >= 0.3 is 12.1 Å². The van der Waals surface area contributed by atoms with Gasteiger partial charge in [-0.1, -0.05) is 38.1 Å². The summed E-state index contributed by atoms with van der Waals surface area (Å²) < 4.78 is 33.3. The summed E-state index contributed by atoms with van der Waals surface area (Å²) in [6.45, 7) is 13.8. The number of hydrogen-bond acceptors (Lipinski definition) is 15. The lowest BCUT2D eigenvalue weighted by molar-refractivity contribution is -0.295. The molecule has 0 saturated carbocycles. The third-order valence-electron chi connectivity index (χ3n) is 13.1. The van der Waals surface area contributed by atoms with E-state index in [2.05, 4.69) is 22.6 Å². The van der Waals surface area contributed by atoms with Crippen molar-refractivity contribution in [2.24, 2.45) is 17.8 Å². The number of aryl methyl sites for hydroxylation is 1. The molecule has 1 aromatic heterocycles. The fourth-order valence-electron chi connectivity index (χ4n) is 9.67. The number of Topliss-reactive ketones (excluding diaryl/α,β-unsaturated/α-hetero) is 1. The number of nitrogens with zero attached hydrogens (tertiary/aromatic N) is 5. The topological polar surface area (TPSA) is 213 Å². The van der Waals surface area contributed by atoms with E-state index in [1.807, 2.05) is 70.2 Å². The lowest BCUT2D eigenvalue weighted by atomic mass is 9.78. The van der Waals surface area contributed by atoms with Crippen molar-refractivity contribution in [2.75, 3.05) is 46.6 Å². The standard InChI is InChI=1S/C44H71N7O10/c1-11-35-44(7)38(51(42(56)61-44)19-13-12-18-50-25-33(47-48-50)30-15-14-16-31(45)22-30)32(17-20-52)46-24-26(2)23-43(6,57-10)39(28(4)36(53)29(5)40(55)59-35)60-41-37(54)34(49(8)9)21-27(3)58-41/h14-16,22,25-29,32,34-35,37-39,41,46,52,54H,11-13,17-21,23-24,45H2,1-10H3/t26-,27-,28+,29-,32-,34?,35-,37?,38-,39-,41+,43-,44-/m1/s1. The average Bonchev–Trinajstić information content (AvgIpc) is 3.80. The van der Waals surface area contributed by atoms with Crippen molar-refractivity contribution in [3.63, 3.8) is 0 Å². The van der Waals surface area contributed by atoms with Crippen LogP contribution in [0.1, 0.15) is 87.0 Å². The van der Waals surface area contributed by atoms with Crippen LogP contribution in [0.3, 0.4) is 0 Å². The number of aromatic nitrogens is 3. The summed E-state index contributed by atoms with van der Waals surface area (Å²) in [6.07, 6.45) is -0.0403. The summed E-state index contributed by atoms with van der Waals surface area (Å²) in [4.78, 5) is 46.1. The highest BCUT2D eigenvalue weighted by Gasteiger charge is 2.59. The molecule has 13 atom stereocenters. The molecule has 0 radical (unpaired) electrons. The molecular formula is C44H71N7O10. The third kappa shape index (κ3) is 10.9. The van der Waals surface area contributed by atoms with Crippen LogP contribution < -0.4 is 11.1 Å². The Bertz CT molecular complexity index is 1780. The number of methoxy groups -OCH3 is 1. The van der Waals surface area contributed by atoms with Gasteiger partial charge in [0.15, 0.2) is 17.7 Å². The number of anilines is 1. The zero-order chi connectivity index (χ0) is 44.8. The number of esters is 1. The monoisotopic (exact) mass is 858 g/mol. The molecule has 0 aliphatic carbocycles. The molecular weight excluding hydrogens is 787 g/mol. The fourth-order valence-corrected chi connectivity index (χ4v) is 9.67. The highest BCUT2D eigenvalue weighted by molar-refractivity contribution is 6.00. The van der Waals surface area contributed by atoms with Gasteiger partial charge in [-0.3, -0.25) is 19.2 Å². The number of cyclic esters (lactones) is 1. The maximum absolute atomic E-state index is 14.4. The molecule has 3 aliphatic heterocycles. The van der Waals surface area contributed by atoms with E-state index in [-0.39, 0.29) is 37.5 Å². The molecule has 1 aromatic carbocycles. The van der Waals surface area contributed by atoms with Crippen LogP contribution in [0.4, 0.5) is 10.5 Å². The molecule has 2 unspecified atom stereocenters. The average molecular weight is 858 g/mol. The number of amides is 1. The maximum Gasteiger partial charge on any atom is 0.410 e. The number of benzene rings is 1. The van der Waals surface area contributed by atoms with Gasteiger partial charge in [0.1, 0.15) is 23.8 Å². The Labute approximate surface area is 360 Å². The summed E-state index contributed by atoms with van der Waals surface area (Å²) in [5.74, 6) is -3.39. The van der Waals surface area contributed by atoms with E-state index in [0.29, 0.717) is 56.7 Å². The van der Waals surface area contributed by atoms with Gasteiger partial charge in [-0.25, -0.2) is 4.79 Å². The van der Waals surface area contributed by atoms with Crippen LogP contribution in [-0.2, 0) is 39.8 Å². The minimum absolute atomic E-state index is 0.0924. The summed E-state index contributed by atoms with van der Waals surface area (Å²) >= 11 is 0. The summed E-state index contributed by atoms with van der Waals surface area (Å²) in [6, 6.07) is 6.06. The predicted octanol–water partition coefficient (Wildman–Crippen LogP) is 3.65. The highest BCUT2D eigenvalue weighted by Crippen LogP contribution is 2.41. The Kier molecular flexibility index (Phi) is 16.4. The number of carbonyl (C=O) groups is 3. The van der Waals surface area contributed by atoms with E-state index in [0.717, 1.165) is 5.56 Å². The second kappa shape index (κ2) is 20.6. The van der Waals surface area contributed by atoms with Crippen LogP contribution in [0.2, 0.25) is 0 Å². The molecule has 3 fully saturated rings. The largest absolute Gasteiger partial charge is 0.458 e. The van der Waals surface area contributed by atoms with Crippen LogP contribution in [-0.4, -0.2) is 154 Å². The number of ether oxygens (including phenoxy) is 5. The number of aliphatic hydroxyl groups excluding tert-OH is 2. The number of rotatable bonds is 13. The van der Waals surface area contributed by atoms with Crippen LogP contribution in [0.15, 0.2) is 30.5 Å². The van der Waals surface area contributed by atoms with Crippen molar-refractivity contribution in [2.45, 2.75) is 154 Å². The number of nitrogens with two attached hydrogens (primary N) is 1. The Hall–Kier alpha value is -3.71. The van der Waals surface area contributed by atoms with Crippen molar-refractivity contribution in [1.29, 1.82) is 0 Å². The smallest absolute Gasteiger partial charge is 0.410 e.